The molecule has 0 bridgehead atoms. The van der Waals surface area contributed by atoms with Crippen LogP contribution in [-0.4, -0.2) is 23.4 Å². The molecule has 1 unspecified atom stereocenters. The van der Waals surface area contributed by atoms with Gasteiger partial charge in [0.15, 0.2) is 12.5 Å². The van der Waals surface area contributed by atoms with Gasteiger partial charge in [0.2, 0.25) is 5.78 Å². The third kappa shape index (κ3) is 1.73. The van der Waals surface area contributed by atoms with Crippen LogP contribution in [0.4, 0.5) is 8.78 Å². The highest BCUT2D eigenvalue weighted by Crippen LogP contribution is 2.19. The molecule has 2 nitrogen and oxygen atoms in total. The van der Waals surface area contributed by atoms with Crippen LogP contribution in [0.1, 0.15) is 6.92 Å². The smallest absolute Gasteiger partial charge is 0.294 e. The fraction of sp³-hybridized carbons (Fsp3) is 0.600. The Balaban J connectivity index is 4.40. The van der Waals surface area contributed by atoms with Crippen LogP contribution in [0.5, 0.6) is 0 Å². The summed E-state index contributed by atoms with van der Waals surface area (Å²) in [5, 5.41) is -3.17. The summed E-state index contributed by atoms with van der Waals surface area (Å²) in [6, 6.07) is 0. The van der Waals surface area contributed by atoms with E-state index in [1.807, 2.05) is 0 Å². The molecule has 10 heavy (non-hydrogen) atoms. The predicted octanol–water partition coefficient (Wildman–Crippen LogP) is 1.02. The molecule has 58 valence electrons. The van der Waals surface area contributed by atoms with Crippen molar-refractivity contribution in [3.63, 3.8) is 0 Å². The van der Waals surface area contributed by atoms with Crippen LogP contribution in [0.2, 0.25) is 0 Å². The van der Waals surface area contributed by atoms with Gasteiger partial charge in [-0.15, -0.1) is 0 Å². The molecule has 0 amide bonds. The topological polar surface area (TPSA) is 34.1 Å². The summed E-state index contributed by atoms with van der Waals surface area (Å²) in [5.41, 5.74) is 0. The molecular weight excluding hydrogens is 166 g/mol. The van der Waals surface area contributed by atoms with E-state index in [-0.39, 0.29) is 0 Å². The lowest BCUT2D eigenvalue weighted by molar-refractivity contribution is -0.136. The van der Waals surface area contributed by atoms with Crippen molar-refractivity contribution in [3.05, 3.63) is 0 Å². The highest BCUT2D eigenvalue weighted by atomic mass is 35.5. The lowest BCUT2D eigenvalue weighted by Crippen LogP contribution is -2.35. The van der Waals surface area contributed by atoms with Crippen molar-refractivity contribution < 1.29 is 18.4 Å². The molecule has 0 aromatic heterocycles. The number of hydrogen-bond acceptors (Lipinski definition) is 2. The number of alkyl halides is 3. The summed E-state index contributed by atoms with van der Waals surface area (Å²) in [4.78, 5) is 20.3. The predicted molar refractivity (Wildman–Crippen MR) is 31.4 cm³/mol. The molecule has 0 fully saturated rings. The fourth-order valence-corrected chi connectivity index (χ4v) is 0.331. The van der Waals surface area contributed by atoms with Crippen LogP contribution in [0.3, 0.4) is 0 Å². The van der Waals surface area contributed by atoms with Crippen molar-refractivity contribution in [1.29, 1.82) is 0 Å². The van der Waals surface area contributed by atoms with Gasteiger partial charge in [-0.3, -0.25) is 9.59 Å². The summed E-state index contributed by atoms with van der Waals surface area (Å²) in [5.74, 6) is -2.75. The molecule has 0 aliphatic rings. The second-order valence-corrected chi connectivity index (χ2v) is 2.21. The van der Waals surface area contributed by atoms with Gasteiger partial charge in [0.25, 0.3) is 0 Å². The molecule has 0 saturated heterocycles. The second-order valence-electron chi connectivity index (χ2n) is 1.69. The molecule has 5 heteroatoms. The quantitative estimate of drug-likeness (QED) is 0.468. The van der Waals surface area contributed by atoms with E-state index in [1.54, 1.807) is 0 Å². The molecule has 0 N–H and O–H groups in total. The van der Waals surface area contributed by atoms with E-state index in [1.165, 1.54) is 0 Å². The van der Waals surface area contributed by atoms with E-state index in [0.29, 0.717) is 0 Å². The molecule has 0 radical (unpaired) electrons. The van der Waals surface area contributed by atoms with E-state index in [0.717, 1.165) is 6.92 Å². The Morgan fingerprint density at radius 2 is 2.00 bits per heavy atom. The van der Waals surface area contributed by atoms with Gasteiger partial charge >= 0.3 is 5.13 Å². The number of carbonyl (C=O) groups excluding carboxylic acids is 2. The first-order valence-electron chi connectivity index (χ1n) is 2.41. The molecule has 0 spiro atoms. The van der Waals surface area contributed by atoms with E-state index in [9.17, 15) is 18.4 Å². The zero-order chi connectivity index (χ0) is 8.36. The Kier molecular flexibility index (Phi) is 2.90. The first-order valence-corrected chi connectivity index (χ1v) is 2.78. The highest BCUT2D eigenvalue weighted by molar-refractivity contribution is 6.45. The number of carbonyl (C=O) groups is 2. The van der Waals surface area contributed by atoms with Gasteiger partial charge in [-0.05, 0) is 6.92 Å². The maximum atomic E-state index is 12.4. The monoisotopic (exact) mass is 170 g/mol. The summed E-state index contributed by atoms with van der Waals surface area (Å²) < 4.78 is 23.8. The minimum Gasteiger partial charge on any atom is -0.294 e. The second kappa shape index (κ2) is 3.05. The highest BCUT2D eigenvalue weighted by Gasteiger charge is 2.40. The largest absolute Gasteiger partial charge is 0.301 e. The van der Waals surface area contributed by atoms with Gasteiger partial charge in [0.1, 0.15) is 0 Å². The zero-order valence-corrected chi connectivity index (χ0v) is 5.91. The minimum absolute atomic E-state index is 0.778. The number of Topliss-reactive ketones (excluding diaryl/α,β-unsaturated/α-hetero) is 2. The van der Waals surface area contributed by atoms with E-state index in [4.69, 9.17) is 11.6 Å². The maximum Gasteiger partial charge on any atom is 0.301 e. The molecule has 0 saturated carbocycles. The summed E-state index contributed by atoms with van der Waals surface area (Å²) in [7, 11) is 0. The minimum atomic E-state index is -3.17. The van der Waals surface area contributed by atoms with Crippen LogP contribution >= 0.6 is 11.6 Å². The van der Waals surface area contributed by atoms with Gasteiger partial charge in [-0.25, -0.2) is 8.78 Å². The molecule has 0 aromatic carbocycles. The Morgan fingerprint density at radius 3 is 2.10 bits per heavy atom. The van der Waals surface area contributed by atoms with Gasteiger partial charge in [0, 0.05) is 0 Å². The van der Waals surface area contributed by atoms with Crippen LogP contribution in [0.15, 0.2) is 0 Å². The van der Waals surface area contributed by atoms with Crippen molar-refractivity contribution in [2.75, 3.05) is 6.67 Å². The van der Waals surface area contributed by atoms with Crippen LogP contribution in [-0.2, 0) is 9.59 Å². The van der Waals surface area contributed by atoms with E-state index < -0.39 is 23.4 Å². The van der Waals surface area contributed by atoms with Crippen LogP contribution in [0, 0.1) is 0 Å². The summed E-state index contributed by atoms with van der Waals surface area (Å²) >= 11 is 4.72. The Hall–Kier alpha value is -0.510. The third-order valence-electron chi connectivity index (χ3n) is 0.914. The van der Waals surface area contributed by atoms with Crippen molar-refractivity contribution in [1.82, 2.24) is 0 Å². The van der Waals surface area contributed by atoms with Crippen molar-refractivity contribution in [2.24, 2.45) is 0 Å². The average Bonchev–Trinajstić information content (AvgIpc) is 1.86. The van der Waals surface area contributed by atoms with Crippen LogP contribution in [0.25, 0.3) is 0 Å². The van der Waals surface area contributed by atoms with Gasteiger partial charge < -0.3 is 0 Å². The van der Waals surface area contributed by atoms with Gasteiger partial charge in [-0.2, -0.15) is 0 Å². The number of ketones is 2. The fourth-order valence-electron chi connectivity index (χ4n) is 0.280. The van der Waals surface area contributed by atoms with Crippen molar-refractivity contribution >= 4 is 23.2 Å². The summed E-state index contributed by atoms with van der Waals surface area (Å²) in [6.07, 6.45) is 0. The standard InChI is InChI=1S/C5H5ClF2O2/c1-3(9)5(6,8)4(10)2-7/h2H2,1H3. The molecule has 1 atom stereocenters. The molecule has 0 aromatic rings. The SMILES string of the molecule is CC(=O)C(F)(Cl)C(=O)CF. The van der Waals surface area contributed by atoms with Crippen LogP contribution < -0.4 is 0 Å². The number of rotatable bonds is 3. The third-order valence-corrected chi connectivity index (χ3v) is 1.39. The number of halogens is 3. The zero-order valence-electron chi connectivity index (χ0n) is 5.16. The Labute approximate surface area is 61.2 Å². The van der Waals surface area contributed by atoms with Gasteiger partial charge in [0.05, 0.1) is 0 Å². The van der Waals surface area contributed by atoms with Gasteiger partial charge in [-0.1, -0.05) is 11.6 Å². The molecule has 0 rings (SSSR count). The first-order chi connectivity index (χ1) is 4.42. The normalized spacial score (nSPS) is 16.0. The summed E-state index contributed by atoms with van der Waals surface area (Å²) in [6.45, 7) is -0.792. The Bertz CT molecular complexity index is 167. The molecule has 0 heterocycles. The average molecular weight is 171 g/mol. The van der Waals surface area contributed by atoms with Crippen molar-refractivity contribution in [3.8, 4) is 0 Å². The van der Waals surface area contributed by atoms with E-state index in [2.05, 4.69) is 0 Å². The maximum absolute atomic E-state index is 12.4. The lowest BCUT2D eigenvalue weighted by atomic mass is 10.2. The van der Waals surface area contributed by atoms with Crippen molar-refractivity contribution in [2.45, 2.75) is 12.1 Å². The lowest BCUT2D eigenvalue weighted by Gasteiger charge is -2.08. The molecular formula is C5H5ClF2O2. The van der Waals surface area contributed by atoms with E-state index >= 15 is 0 Å². The Morgan fingerprint density at radius 1 is 1.60 bits per heavy atom. The number of hydrogen-bond donors (Lipinski definition) is 0. The molecule has 0 aliphatic carbocycles. The molecule has 0 aliphatic heterocycles. The first kappa shape index (κ1) is 9.49.